The summed E-state index contributed by atoms with van der Waals surface area (Å²) in [6.07, 6.45) is 1.73. The van der Waals surface area contributed by atoms with Crippen LogP contribution in [0.5, 0.6) is 0 Å². The third-order valence-corrected chi connectivity index (χ3v) is 6.74. The molecule has 0 N–H and O–H groups in total. The van der Waals surface area contributed by atoms with Crippen molar-refractivity contribution in [3.63, 3.8) is 0 Å². The summed E-state index contributed by atoms with van der Waals surface area (Å²) in [7, 11) is -0.252. The van der Waals surface area contributed by atoms with E-state index in [1.54, 1.807) is 0 Å². The Labute approximate surface area is 145 Å². The molecule has 0 aromatic carbocycles. The van der Waals surface area contributed by atoms with Crippen molar-refractivity contribution in [2.45, 2.75) is 60.8 Å². The zero-order valence-electron chi connectivity index (χ0n) is 16.0. The summed E-state index contributed by atoms with van der Waals surface area (Å²) >= 11 is 0. The minimum Gasteiger partial charge on any atom is -0.258 e. The summed E-state index contributed by atoms with van der Waals surface area (Å²) in [4.78, 5) is 0. The molecule has 0 spiro atoms. The van der Waals surface area contributed by atoms with Crippen LogP contribution in [0.25, 0.3) is 0 Å². The maximum atomic E-state index is 7.93. The molecule has 134 valence electrons. The summed E-state index contributed by atoms with van der Waals surface area (Å²) in [5.74, 6) is 0. The van der Waals surface area contributed by atoms with Gasteiger partial charge in [0, 0.05) is 52.1 Å². The highest BCUT2D eigenvalue weighted by molar-refractivity contribution is 7.50. The van der Waals surface area contributed by atoms with Gasteiger partial charge in [0.15, 0.2) is 0 Å². The molecule has 23 heavy (non-hydrogen) atoms. The van der Waals surface area contributed by atoms with Crippen LogP contribution in [-0.2, 0) is 0 Å². The minimum absolute atomic E-state index is 0.252. The molecule has 0 fully saturated rings. The lowest BCUT2D eigenvalue weighted by Gasteiger charge is -2.43. The summed E-state index contributed by atoms with van der Waals surface area (Å²) in [6.45, 7) is 20.5. The van der Waals surface area contributed by atoms with E-state index in [-0.39, 0.29) is 8.37 Å². The van der Waals surface area contributed by atoms with Crippen LogP contribution in [0.1, 0.15) is 60.8 Å². The molecule has 0 bridgehead atoms. The van der Waals surface area contributed by atoms with Crippen LogP contribution in [-0.4, -0.2) is 53.3 Å². The van der Waals surface area contributed by atoms with Crippen molar-refractivity contribution in [1.82, 2.24) is 14.0 Å². The monoisotopic (exact) mass is 341 g/mol. The van der Waals surface area contributed by atoms with Gasteiger partial charge in [0.2, 0.25) is 0 Å². The lowest BCUT2D eigenvalue weighted by Crippen LogP contribution is -2.37. The number of rotatable bonds is 11. The average Bonchev–Trinajstić information content (AvgIpc) is 2.58. The van der Waals surface area contributed by atoms with Gasteiger partial charge < -0.3 is 0 Å². The van der Waals surface area contributed by atoms with Crippen molar-refractivity contribution in [2.75, 3.05) is 39.3 Å². The third kappa shape index (κ3) is 10.6. The second kappa shape index (κ2) is 17.6. The Morgan fingerprint density at radius 1 is 0.609 bits per heavy atom. The molecule has 0 aliphatic carbocycles. The largest absolute Gasteiger partial charge is 0.258 e. The lowest BCUT2D eigenvalue weighted by atomic mass is 10.3. The van der Waals surface area contributed by atoms with Gasteiger partial charge in [-0.25, -0.2) is 0 Å². The molecule has 0 heterocycles. The van der Waals surface area contributed by atoms with Crippen molar-refractivity contribution in [1.29, 1.82) is 10.5 Å². The lowest BCUT2D eigenvalue weighted by molar-refractivity contribution is 0.352. The predicted molar refractivity (Wildman–Crippen MR) is 101 cm³/mol. The Morgan fingerprint density at radius 3 is 1.04 bits per heavy atom. The molecule has 5 nitrogen and oxygen atoms in total. The zero-order chi connectivity index (χ0) is 18.1. The van der Waals surface area contributed by atoms with Crippen LogP contribution >= 0.6 is 8.37 Å². The molecule has 0 aromatic rings. The fourth-order valence-electron chi connectivity index (χ4n) is 2.21. The van der Waals surface area contributed by atoms with Crippen LogP contribution in [0.15, 0.2) is 0 Å². The molecule has 0 atom stereocenters. The van der Waals surface area contributed by atoms with E-state index < -0.39 is 0 Å². The Hall–Kier alpha value is -0.710. The Kier molecular flexibility index (Phi) is 18.8. The summed E-state index contributed by atoms with van der Waals surface area (Å²) in [5.41, 5.74) is 0. The molecule has 6 heteroatoms. The van der Waals surface area contributed by atoms with Crippen LogP contribution < -0.4 is 0 Å². The van der Waals surface area contributed by atoms with Crippen molar-refractivity contribution < 1.29 is 0 Å². The van der Waals surface area contributed by atoms with Gasteiger partial charge in [0.1, 0.15) is 8.37 Å². The fraction of sp³-hybridized carbons (Fsp3) is 0.882. The van der Waals surface area contributed by atoms with Gasteiger partial charge in [-0.05, 0) is 6.42 Å². The summed E-state index contributed by atoms with van der Waals surface area (Å²) < 4.78 is 7.82. The summed E-state index contributed by atoms with van der Waals surface area (Å²) in [6, 6.07) is 3.90. The molecule has 0 radical (unpaired) electrons. The highest BCUT2D eigenvalue weighted by Crippen LogP contribution is 2.46. The van der Waals surface area contributed by atoms with Crippen LogP contribution in [0.4, 0.5) is 0 Å². The maximum absolute atomic E-state index is 7.93. The van der Waals surface area contributed by atoms with Crippen molar-refractivity contribution >= 4 is 8.37 Å². The molecule has 0 aromatic heterocycles. The highest BCUT2D eigenvalue weighted by atomic mass is 31.2. The van der Waals surface area contributed by atoms with E-state index in [1.165, 1.54) is 0 Å². The predicted octanol–water partition coefficient (Wildman–Crippen LogP) is 4.44. The highest BCUT2D eigenvalue weighted by Gasteiger charge is 2.26. The van der Waals surface area contributed by atoms with Gasteiger partial charge in [-0.2, -0.15) is 10.5 Å². The van der Waals surface area contributed by atoms with Gasteiger partial charge in [0.25, 0.3) is 0 Å². The van der Waals surface area contributed by atoms with E-state index >= 15 is 0 Å². The standard InChI is InChI=1S/C12H30N3P.C5H6N2/c1-7-13(8-2)16(14(9-3)10-4)15(11-5)12-6;6-4-2-1-3-5-7/h7-12H2,1-6H3;1-3H2. The van der Waals surface area contributed by atoms with E-state index in [9.17, 15) is 0 Å². The number of nitrogens with zero attached hydrogens (tertiary/aromatic N) is 5. The topological polar surface area (TPSA) is 57.3 Å². The van der Waals surface area contributed by atoms with Gasteiger partial charge in [0.05, 0.1) is 12.1 Å². The fourth-order valence-corrected chi connectivity index (χ4v) is 4.80. The quantitative estimate of drug-likeness (QED) is 0.411. The molecule has 0 unspecified atom stereocenters. The smallest absolute Gasteiger partial charge is 0.120 e. The number of hydrogen-bond donors (Lipinski definition) is 0. The van der Waals surface area contributed by atoms with Crippen molar-refractivity contribution in [3.05, 3.63) is 0 Å². The first kappa shape index (κ1) is 24.5. The zero-order valence-corrected chi connectivity index (χ0v) is 16.9. The average molecular weight is 341 g/mol. The number of hydrogen-bond acceptors (Lipinski definition) is 5. The van der Waals surface area contributed by atoms with E-state index in [4.69, 9.17) is 10.5 Å². The number of unbranched alkanes of at least 4 members (excludes halogenated alkanes) is 2. The molecule has 0 saturated heterocycles. The van der Waals surface area contributed by atoms with Crippen LogP contribution in [0.3, 0.4) is 0 Å². The van der Waals surface area contributed by atoms with E-state index in [2.05, 4.69) is 55.6 Å². The first-order valence-electron chi connectivity index (χ1n) is 8.89. The summed E-state index contributed by atoms with van der Waals surface area (Å²) in [5, 5.41) is 15.9. The van der Waals surface area contributed by atoms with Gasteiger partial charge in [-0.1, -0.05) is 41.5 Å². The maximum Gasteiger partial charge on any atom is 0.120 e. The molecular weight excluding hydrogens is 305 g/mol. The Bertz CT molecular complexity index is 282. The van der Waals surface area contributed by atoms with Crippen LogP contribution in [0.2, 0.25) is 0 Å². The second-order valence-electron chi connectivity index (χ2n) is 4.85. The second-order valence-corrected chi connectivity index (χ2v) is 7.09. The molecule has 0 aliphatic rings. The molecule has 0 saturated carbocycles. The minimum atomic E-state index is -0.252. The third-order valence-electron chi connectivity index (χ3n) is 3.53. The van der Waals surface area contributed by atoms with Gasteiger partial charge in [-0.15, -0.1) is 0 Å². The molecule has 0 aliphatic heterocycles. The normalized spacial score (nSPS) is 10.6. The van der Waals surface area contributed by atoms with E-state index in [0.717, 1.165) is 39.3 Å². The van der Waals surface area contributed by atoms with Gasteiger partial charge in [-0.3, -0.25) is 14.0 Å². The Morgan fingerprint density at radius 2 is 0.870 bits per heavy atom. The molecule has 0 rings (SSSR count). The van der Waals surface area contributed by atoms with Crippen molar-refractivity contribution in [2.24, 2.45) is 0 Å². The van der Waals surface area contributed by atoms with E-state index in [0.29, 0.717) is 19.3 Å². The first-order valence-corrected chi connectivity index (χ1v) is 10.1. The van der Waals surface area contributed by atoms with Crippen LogP contribution in [0, 0.1) is 22.7 Å². The van der Waals surface area contributed by atoms with Gasteiger partial charge >= 0.3 is 0 Å². The first-order chi connectivity index (χ1) is 11.1. The van der Waals surface area contributed by atoms with Crippen molar-refractivity contribution in [3.8, 4) is 12.1 Å². The molecule has 0 amide bonds. The van der Waals surface area contributed by atoms with E-state index in [1.807, 2.05) is 12.1 Å². The molecular formula is C17H36N5P. The number of nitriles is 2. The Balaban J connectivity index is 0. The SMILES string of the molecule is CCN(CC)P(N(CC)CC)N(CC)CC.N#CCCCC#N.